The number of rotatable bonds is 3. The Labute approximate surface area is 106 Å². The second-order valence-corrected chi connectivity index (χ2v) is 5.43. The van der Waals surface area contributed by atoms with Gasteiger partial charge in [0.2, 0.25) is 5.91 Å². The van der Waals surface area contributed by atoms with E-state index in [2.05, 4.69) is 10.3 Å². The molecule has 1 aliphatic heterocycles. The van der Waals surface area contributed by atoms with Crippen molar-refractivity contribution in [3.8, 4) is 0 Å². The molecule has 0 bridgehead atoms. The molecule has 1 atom stereocenters. The topological polar surface area (TPSA) is 45.2 Å². The van der Waals surface area contributed by atoms with Gasteiger partial charge in [-0.2, -0.15) is 0 Å². The Morgan fingerprint density at radius 3 is 2.71 bits per heavy atom. The Bertz CT molecular complexity index is 365. The van der Waals surface area contributed by atoms with Gasteiger partial charge < -0.3 is 10.2 Å². The highest BCUT2D eigenvalue weighted by Crippen LogP contribution is 2.23. The third-order valence-electron chi connectivity index (χ3n) is 2.74. The van der Waals surface area contributed by atoms with Crippen LogP contribution in [0.3, 0.4) is 0 Å². The van der Waals surface area contributed by atoms with Gasteiger partial charge in [-0.3, -0.25) is 9.78 Å². The van der Waals surface area contributed by atoms with Crippen molar-refractivity contribution in [2.24, 2.45) is 0 Å². The van der Waals surface area contributed by atoms with Crippen molar-refractivity contribution in [3.63, 3.8) is 0 Å². The van der Waals surface area contributed by atoms with Gasteiger partial charge in [0.15, 0.2) is 0 Å². The first-order valence-electron chi connectivity index (χ1n) is 5.83. The third kappa shape index (κ3) is 3.44. The molecule has 1 unspecified atom stereocenters. The summed E-state index contributed by atoms with van der Waals surface area (Å²) in [5, 5.41) is 3.22. The molecular formula is C12H17N3OS. The van der Waals surface area contributed by atoms with Crippen molar-refractivity contribution in [2.75, 3.05) is 26.2 Å². The summed E-state index contributed by atoms with van der Waals surface area (Å²) >= 11 is 1.59. The fraction of sp³-hybridized carbons (Fsp3) is 0.500. The molecule has 0 radical (unpaired) electrons. The molecule has 92 valence electrons. The molecule has 0 aromatic carbocycles. The molecule has 2 rings (SSSR count). The Balaban J connectivity index is 1.90. The molecule has 1 fully saturated rings. The molecule has 17 heavy (non-hydrogen) atoms. The van der Waals surface area contributed by atoms with E-state index in [0.717, 1.165) is 31.1 Å². The Hall–Kier alpha value is -1.07. The zero-order chi connectivity index (χ0) is 12.1. The number of carbonyl (C=O) groups excluding carboxylic acids is 1. The van der Waals surface area contributed by atoms with E-state index in [-0.39, 0.29) is 11.2 Å². The molecule has 0 saturated carbocycles. The van der Waals surface area contributed by atoms with Gasteiger partial charge in [0, 0.05) is 43.5 Å². The fourth-order valence-electron chi connectivity index (χ4n) is 1.81. The Morgan fingerprint density at radius 2 is 2.06 bits per heavy atom. The van der Waals surface area contributed by atoms with Crippen LogP contribution in [0.25, 0.3) is 0 Å². The molecule has 1 amide bonds. The highest BCUT2D eigenvalue weighted by atomic mass is 32.2. The van der Waals surface area contributed by atoms with Crippen LogP contribution in [0.2, 0.25) is 0 Å². The molecule has 0 aliphatic carbocycles. The van der Waals surface area contributed by atoms with Gasteiger partial charge in [-0.15, -0.1) is 11.8 Å². The number of amides is 1. The van der Waals surface area contributed by atoms with Crippen LogP contribution < -0.4 is 5.32 Å². The van der Waals surface area contributed by atoms with Crippen LogP contribution in [-0.4, -0.2) is 47.2 Å². The first-order chi connectivity index (χ1) is 8.27. The minimum atomic E-state index is -0.0319. The van der Waals surface area contributed by atoms with Crippen LogP contribution in [0.15, 0.2) is 29.4 Å². The SMILES string of the molecule is CC(Sc1ccncc1)C(=O)N1CCNCC1. The molecular weight excluding hydrogens is 234 g/mol. The van der Waals surface area contributed by atoms with Gasteiger partial charge in [0.05, 0.1) is 5.25 Å². The molecule has 0 spiro atoms. The maximum atomic E-state index is 12.2. The number of thioether (sulfide) groups is 1. The van der Waals surface area contributed by atoms with Crippen LogP contribution in [0.1, 0.15) is 6.92 Å². The van der Waals surface area contributed by atoms with Crippen molar-refractivity contribution < 1.29 is 4.79 Å². The van der Waals surface area contributed by atoms with Gasteiger partial charge in [0.1, 0.15) is 0 Å². The number of piperazine rings is 1. The summed E-state index contributed by atoms with van der Waals surface area (Å²) < 4.78 is 0. The van der Waals surface area contributed by atoms with Gasteiger partial charge in [-0.05, 0) is 19.1 Å². The van der Waals surface area contributed by atoms with Gasteiger partial charge in [-0.25, -0.2) is 0 Å². The van der Waals surface area contributed by atoms with Gasteiger partial charge in [0.25, 0.3) is 0 Å². The quantitative estimate of drug-likeness (QED) is 0.814. The number of pyridine rings is 1. The van der Waals surface area contributed by atoms with E-state index in [1.807, 2.05) is 24.0 Å². The van der Waals surface area contributed by atoms with E-state index in [4.69, 9.17) is 0 Å². The molecule has 1 N–H and O–H groups in total. The largest absolute Gasteiger partial charge is 0.339 e. The van der Waals surface area contributed by atoms with E-state index in [1.54, 1.807) is 24.2 Å². The molecule has 1 saturated heterocycles. The molecule has 5 heteroatoms. The smallest absolute Gasteiger partial charge is 0.235 e. The van der Waals surface area contributed by atoms with E-state index in [1.165, 1.54) is 0 Å². The Kier molecular flexibility index (Phi) is 4.39. The highest BCUT2D eigenvalue weighted by Gasteiger charge is 2.22. The lowest BCUT2D eigenvalue weighted by molar-refractivity contribution is -0.130. The monoisotopic (exact) mass is 251 g/mol. The van der Waals surface area contributed by atoms with E-state index in [9.17, 15) is 4.79 Å². The standard InChI is InChI=1S/C12H17N3OS/c1-10(17-11-2-4-13-5-3-11)12(16)15-8-6-14-7-9-15/h2-5,10,14H,6-9H2,1H3. The summed E-state index contributed by atoms with van der Waals surface area (Å²) in [4.78, 5) is 19.2. The summed E-state index contributed by atoms with van der Waals surface area (Å²) in [6, 6.07) is 3.87. The van der Waals surface area contributed by atoms with E-state index >= 15 is 0 Å². The summed E-state index contributed by atoms with van der Waals surface area (Å²) in [6.07, 6.45) is 3.51. The molecule has 2 heterocycles. The number of nitrogens with zero attached hydrogens (tertiary/aromatic N) is 2. The predicted molar refractivity (Wildman–Crippen MR) is 69.0 cm³/mol. The average molecular weight is 251 g/mol. The summed E-state index contributed by atoms with van der Waals surface area (Å²) in [5.41, 5.74) is 0. The molecule has 1 aromatic rings. The van der Waals surface area contributed by atoms with Crippen molar-refractivity contribution in [1.82, 2.24) is 15.2 Å². The first kappa shape index (κ1) is 12.4. The highest BCUT2D eigenvalue weighted by molar-refractivity contribution is 8.00. The molecule has 1 aliphatic rings. The van der Waals surface area contributed by atoms with Crippen molar-refractivity contribution in [1.29, 1.82) is 0 Å². The van der Waals surface area contributed by atoms with Gasteiger partial charge in [-0.1, -0.05) is 0 Å². The summed E-state index contributed by atoms with van der Waals surface area (Å²) in [5.74, 6) is 0.230. The first-order valence-corrected chi connectivity index (χ1v) is 6.71. The van der Waals surface area contributed by atoms with Crippen LogP contribution in [-0.2, 0) is 4.79 Å². The second-order valence-electron chi connectivity index (χ2n) is 4.02. The minimum absolute atomic E-state index is 0.0319. The predicted octanol–water partition coefficient (Wildman–Crippen LogP) is 0.994. The maximum Gasteiger partial charge on any atom is 0.235 e. The number of hydrogen-bond donors (Lipinski definition) is 1. The molecule has 4 nitrogen and oxygen atoms in total. The number of aromatic nitrogens is 1. The van der Waals surface area contributed by atoms with Crippen molar-refractivity contribution >= 4 is 17.7 Å². The zero-order valence-electron chi connectivity index (χ0n) is 9.93. The van der Waals surface area contributed by atoms with E-state index in [0.29, 0.717) is 0 Å². The fourth-order valence-corrected chi connectivity index (χ4v) is 2.75. The minimum Gasteiger partial charge on any atom is -0.339 e. The van der Waals surface area contributed by atoms with Crippen LogP contribution in [0.5, 0.6) is 0 Å². The zero-order valence-corrected chi connectivity index (χ0v) is 10.7. The van der Waals surface area contributed by atoms with Crippen molar-refractivity contribution in [3.05, 3.63) is 24.5 Å². The van der Waals surface area contributed by atoms with Crippen LogP contribution in [0.4, 0.5) is 0 Å². The van der Waals surface area contributed by atoms with Crippen molar-refractivity contribution in [2.45, 2.75) is 17.1 Å². The lowest BCUT2D eigenvalue weighted by Crippen LogP contribution is -2.48. The normalized spacial score (nSPS) is 17.8. The third-order valence-corrected chi connectivity index (χ3v) is 3.84. The number of nitrogens with one attached hydrogen (secondary N) is 1. The van der Waals surface area contributed by atoms with E-state index < -0.39 is 0 Å². The number of hydrogen-bond acceptors (Lipinski definition) is 4. The lowest BCUT2D eigenvalue weighted by Gasteiger charge is -2.29. The lowest BCUT2D eigenvalue weighted by atomic mass is 10.3. The second kappa shape index (κ2) is 6.02. The van der Waals surface area contributed by atoms with Crippen LogP contribution in [0, 0.1) is 0 Å². The average Bonchev–Trinajstić information content (AvgIpc) is 2.40. The summed E-state index contributed by atoms with van der Waals surface area (Å²) in [7, 11) is 0. The Morgan fingerprint density at radius 1 is 1.41 bits per heavy atom. The van der Waals surface area contributed by atoms with Crippen LogP contribution >= 0.6 is 11.8 Å². The molecule has 1 aromatic heterocycles. The number of carbonyl (C=O) groups is 1. The maximum absolute atomic E-state index is 12.2. The van der Waals surface area contributed by atoms with Gasteiger partial charge >= 0.3 is 0 Å². The summed E-state index contributed by atoms with van der Waals surface area (Å²) in [6.45, 7) is 5.41.